The largest absolute Gasteiger partial charge is 0.493 e. The second-order valence-electron chi connectivity index (χ2n) is 8.56. The average Bonchev–Trinajstić information content (AvgIpc) is 2.89. The maximum Gasteiger partial charge on any atom is 0.335 e. The maximum absolute atomic E-state index is 13.3. The van der Waals surface area contributed by atoms with Crippen molar-refractivity contribution in [3.63, 3.8) is 0 Å². The molecule has 1 heterocycles. The van der Waals surface area contributed by atoms with Gasteiger partial charge < -0.3 is 14.6 Å². The number of carboxylic acids is 1. The van der Waals surface area contributed by atoms with Gasteiger partial charge in [-0.15, -0.1) is 0 Å². The van der Waals surface area contributed by atoms with Crippen molar-refractivity contribution < 1.29 is 19.4 Å². The van der Waals surface area contributed by atoms with Crippen molar-refractivity contribution in [3.05, 3.63) is 95.4 Å². The van der Waals surface area contributed by atoms with Crippen molar-refractivity contribution in [2.75, 3.05) is 7.11 Å². The van der Waals surface area contributed by atoms with Crippen LogP contribution in [0.15, 0.2) is 67.4 Å². The summed E-state index contributed by atoms with van der Waals surface area (Å²) in [5, 5.41) is 14.2. The number of carboxylic acid groups (broad SMARTS) is 1. The molecule has 0 amide bonds. The minimum Gasteiger partial charge on any atom is -0.493 e. The zero-order valence-corrected chi connectivity index (χ0v) is 24.5. The van der Waals surface area contributed by atoms with E-state index in [4.69, 9.17) is 26.2 Å². The molecule has 4 rings (SSSR count). The van der Waals surface area contributed by atoms with Crippen LogP contribution in [0.3, 0.4) is 0 Å². The first kappa shape index (κ1) is 27.8. The van der Waals surface area contributed by atoms with Gasteiger partial charge in [-0.2, -0.15) is 9.78 Å². The van der Waals surface area contributed by atoms with Gasteiger partial charge in [-0.25, -0.2) is 9.78 Å². The molecular formula is C27H22Br2ClN3O5. The van der Waals surface area contributed by atoms with E-state index in [1.54, 1.807) is 30.3 Å². The standard InChI is InChI=1S/C27H22Br2ClN3O5/c1-14(2)25-32-20-9-8-18(28)11-19(20)26(34)33(25)31-12-17-10-21(37-3)24(23(30)22(17)29)38-13-15-4-6-16(7-5-15)27(35)36/h4-12,14H,13H2,1-3H3,(H,35,36). The number of aromatic carboxylic acids is 1. The minimum atomic E-state index is -1.00. The van der Waals surface area contributed by atoms with Crippen LogP contribution >= 0.6 is 43.5 Å². The molecule has 0 spiro atoms. The highest BCUT2D eigenvalue weighted by Gasteiger charge is 2.18. The number of fused-ring (bicyclic) bond motifs is 1. The molecule has 8 nitrogen and oxygen atoms in total. The van der Waals surface area contributed by atoms with Gasteiger partial charge in [0.25, 0.3) is 5.56 Å². The number of methoxy groups -OCH3 is 1. The van der Waals surface area contributed by atoms with Crippen molar-refractivity contribution in [1.82, 2.24) is 9.66 Å². The van der Waals surface area contributed by atoms with Gasteiger partial charge in [-0.05, 0) is 57.9 Å². The summed E-state index contributed by atoms with van der Waals surface area (Å²) in [6.07, 6.45) is 1.51. The van der Waals surface area contributed by atoms with Crippen LogP contribution in [0.25, 0.3) is 10.9 Å². The Hall–Kier alpha value is -3.21. The smallest absolute Gasteiger partial charge is 0.335 e. The molecule has 0 bridgehead atoms. The highest BCUT2D eigenvalue weighted by molar-refractivity contribution is 9.10. The summed E-state index contributed by atoms with van der Waals surface area (Å²) >= 11 is 13.5. The zero-order chi connectivity index (χ0) is 27.6. The number of rotatable bonds is 8. The van der Waals surface area contributed by atoms with Gasteiger partial charge in [0.2, 0.25) is 0 Å². The van der Waals surface area contributed by atoms with Crippen molar-refractivity contribution >= 4 is 66.5 Å². The Balaban J connectivity index is 1.69. The molecule has 1 aromatic heterocycles. The van der Waals surface area contributed by atoms with Gasteiger partial charge in [0.1, 0.15) is 17.5 Å². The maximum atomic E-state index is 13.3. The van der Waals surface area contributed by atoms with Crippen LogP contribution in [0, 0.1) is 0 Å². The number of halogens is 3. The predicted molar refractivity (Wildman–Crippen MR) is 154 cm³/mol. The topological polar surface area (TPSA) is 103 Å². The average molecular weight is 664 g/mol. The summed E-state index contributed by atoms with van der Waals surface area (Å²) in [4.78, 5) is 29.0. The van der Waals surface area contributed by atoms with E-state index in [1.807, 2.05) is 19.9 Å². The minimum absolute atomic E-state index is 0.0604. The third kappa shape index (κ3) is 5.77. The molecule has 0 aliphatic heterocycles. The van der Waals surface area contributed by atoms with Crippen molar-refractivity contribution in [1.29, 1.82) is 0 Å². The predicted octanol–water partition coefficient (Wildman–Crippen LogP) is 6.87. The molecule has 0 aliphatic carbocycles. The number of benzene rings is 3. The fraction of sp³-hybridized carbons (Fsp3) is 0.185. The Morgan fingerprint density at radius 3 is 2.53 bits per heavy atom. The van der Waals surface area contributed by atoms with Crippen LogP contribution in [0.1, 0.15) is 47.1 Å². The van der Waals surface area contributed by atoms with E-state index >= 15 is 0 Å². The molecule has 1 N–H and O–H groups in total. The van der Waals surface area contributed by atoms with E-state index in [1.165, 1.54) is 30.1 Å². The number of carbonyl (C=O) groups is 1. The molecule has 4 aromatic rings. The number of hydrogen-bond donors (Lipinski definition) is 1. The zero-order valence-electron chi connectivity index (χ0n) is 20.5. The Morgan fingerprint density at radius 2 is 1.89 bits per heavy atom. The first-order chi connectivity index (χ1) is 18.1. The Labute approximate surface area is 240 Å². The molecule has 0 unspecified atom stereocenters. The summed E-state index contributed by atoms with van der Waals surface area (Å²) in [5.74, 6) is 0.119. The first-order valence-electron chi connectivity index (χ1n) is 11.4. The molecule has 38 heavy (non-hydrogen) atoms. The van der Waals surface area contributed by atoms with Crippen molar-refractivity contribution in [2.24, 2.45) is 5.10 Å². The normalized spacial score (nSPS) is 11.4. The van der Waals surface area contributed by atoms with Crippen LogP contribution in [-0.2, 0) is 6.61 Å². The number of hydrogen-bond acceptors (Lipinski definition) is 6. The van der Waals surface area contributed by atoms with E-state index in [2.05, 4.69) is 41.9 Å². The lowest BCUT2D eigenvalue weighted by Crippen LogP contribution is -2.23. The molecule has 0 saturated heterocycles. The third-order valence-electron chi connectivity index (χ3n) is 5.62. The van der Waals surface area contributed by atoms with Crippen LogP contribution in [0.4, 0.5) is 0 Å². The molecule has 0 atom stereocenters. The Kier molecular flexibility index (Phi) is 8.54. The van der Waals surface area contributed by atoms with Gasteiger partial charge >= 0.3 is 5.97 Å². The molecule has 196 valence electrons. The summed E-state index contributed by atoms with van der Waals surface area (Å²) in [5.41, 5.74) is 1.80. The second-order valence-corrected chi connectivity index (χ2v) is 10.7. The van der Waals surface area contributed by atoms with Gasteiger partial charge in [0, 0.05) is 20.4 Å². The lowest BCUT2D eigenvalue weighted by Gasteiger charge is -2.15. The monoisotopic (exact) mass is 661 g/mol. The Morgan fingerprint density at radius 1 is 1.18 bits per heavy atom. The lowest BCUT2D eigenvalue weighted by atomic mass is 10.1. The molecule has 3 aromatic carbocycles. The number of ether oxygens (including phenoxy) is 2. The van der Waals surface area contributed by atoms with Gasteiger partial charge in [0.05, 0.1) is 29.8 Å². The van der Waals surface area contributed by atoms with Crippen LogP contribution < -0.4 is 15.0 Å². The third-order valence-corrected chi connectivity index (χ3v) is 7.56. The molecule has 0 saturated carbocycles. The van der Waals surface area contributed by atoms with E-state index in [9.17, 15) is 9.59 Å². The van der Waals surface area contributed by atoms with E-state index in [0.29, 0.717) is 38.3 Å². The first-order valence-corrected chi connectivity index (χ1v) is 13.3. The van der Waals surface area contributed by atoms with Crippen molar-refractivity contribution in [2.45, 2.75) is 26.4 Å². The summed E-state index contributed by atoms with van der Waals surface area (Å²) in [6, 6.07) is 13.4. The second kappa shape index (κ2) is 11.7. The molecule has 11 heteroatoms. The van der Waals surface area contributed by atoms with Gasteiger partial charge in [-0.1, -0.05) is 53.5 Å². The van der Waals surface area contributed by atoms with E-state index in [-0.39, 0.29) is 28.7 Å². The van der Waals surface area contributed by atoms with Gasteiger partial charge in [0.15, 0.2) is 11.5 Å². The summed E-state index contributed by atoms with van der Waals surface area (Å²) in [7, 11) is 1.49. The highest BCUT2D eigenvalue weighted by Crippen LogP contribution is 2.42. The highest BCUT2D eigenvalue weighted by atomic mass is 79.9. The lowest BCUT2D eigenvalue weighted by molar-refractivity contribution is 0.0697. The molecule has 0 aliphatic rings. The summed E-state index contributed by atoms with van der Waals surface area (Å²) in [6.45, 7) is 4.02. The summed E-state index contributed by atoms with van der Waals surface area (Å²) < 4.78 is 14.0. The van der Waals surface area contributed by atoms with Crippen LogP contribution in [0.2, 0.25) is 5.02 Å². The quantitative estimate of drug-likeness (QED) is 0.207. The van der Waals surface area contributed by atoms with E-state index in [0.717, 1.165) is 10.0 Å². The van der Waals surface area contributed by atoms with Crippen LogP contribution in [-0.4, -0.2) is 34.1 Å². The Bertz CT molecular complexity index is 1620. The SMILES string of the molecule is COc1cc(C=Nn2c(C(C)C)nc3ccc(Br)cc3c2=O)c(Br)c(Cl)c1OCc1ccc(C(=O)O)cc1. The molecular weight excluding hydrogens is 642 g/mol. The fourth-order valence-electron chi connectivity index (χ4n) is 3.65. The fourth-order valence-corrected chi connectivity index (χ4v) is 4.67. The van der Waals surface area contributed by atoms with E-state index < -0.39 is 5.97 Å². The molecule has 0 radical (unpaired) electrons. The molecule has 0 fully saturated rings. The number of aromatic nitrogens is 2. The van der Waals surface area contributed by atoms with Crippen LogP contribution in [0.5, 0.6) is 11.5 Å². The number of nitrogens with zero attached hydrogens (tertiary/aromatic N) is 3. The van der Waals surface area contributed by atoms with Gasteiger partial charge in [-0.3, -0.25) is 4.79 Å². The van der Waals surface area contributed by atoms with Crippen molar-refractivity contribution in [3.8, 4) is 11.5 Å².